The molecule has 0 saturated carbocycles. The van der Waals surface area contributed by atoms with Crippen molar-refractivity contribution in [3.8, 4) is 50.2 Å². The fraction of sp³-hybridized carbons (Fsp3) is 0. The number of para-hydroxylation sites is 4. The minimum Gasteiger partial charge on any atom is -0.456 e. The average Bonchev–Trinajstić information content (AvgIpc) is 4.12. The van der Waals surface area contributed by atoms with Crippen molar-refractivity contribution in [3.05, 3.63) is 255 Å². The van der Waals surface area contributed by atoms with Crippen molar-refractivity contribution in [1.82, 2.24) is 4.57 Å². The second-order valence-electron chi connectivity index (χ2n) is 18.0. The zero-order chi connectivity index (χ0) is 46.1. The van der Waals surface area contributed by atoms with Crippen molar-refractivity contribution in [2.45, 2.75) is 0 Å². The number of hydrogen-bond acceptors (Lipinski definition) is 3. The van der Waals surface area contributed by atoms with Crippen molar-refractivity contribution in [3.63, 3.8) is 0 Å². The number of fused-ring (bicyclic) bond motifs is 10. The Kier molecular flexibility index (Phi) is 9.17. The quantitative estimate of drug-likeness (QED) is 0.152. The molecule has 14 rings (SSSR count). The molecule has 0 saturated heterocycles. The van der Waals surface area contributed by atoms with Gasteiger partial charge in [0, 0.05) is 66.2 Å². The maximum atomic E-state index is 6.80. The summed E-state index contributed by atoms with van der Waals surface area (Å²) in [5.41, 5.74) is 19.3. The zero-order valence-corrected chi connectivity index (χ0v) is 38.0. The summed E-state index contributed by atoms with van der Waals surface area (Å²) < 4.78 is 15.5. The predicted molar refractivity (Wildman–Crippen MR) is 292 cm³/mol. The Balaban J connectivity index is 0.819. The smallest absolute Gasteiger partial charge is 0.143 e. The van der Waals surface area contributed by atoms with Gasteiger partial charge in [0.15, 0.2) is 0 Å². The summed E-state index contributed by atoms with van der Waals surface area (Å²) in [6.07, 6.45) is 0. The third kappa shape index (κ3) is 6.46. The number of benzene rings is 11. The highest BCUT2D eigenvalue weighted by atomic mass is 16.3. The highest BCUT2D eigenvalue weighted by molar-refractivity contribution is 6.27. The Morgan fingerprint density at radius 1 is 0.271 bits per heavy atom. The molecule has 0 spiro atoms. The van der Waals surface area contributed by atoms with Crippen LogP contribution in [0.25, 0.3) is 116 Å². The molecule has 328 valence electrons. The van der Waals surface area contributed by atoms with E-state index in [-0.39, 0.29) is 0 Å². The van der Waals surface area contributed by atoms with Crippen LogP contribution >= 0.6 is 0 Å². The first-order chi connectivity index (χ1) is 34.7. The van der Waals surface area contributed by atoms with Crippen molar-refractivity contribution < 1.29 is 8.83 Å². The Labute approximate surface area is 404 Å². The molecule has 0 amide bonds. The van der Waals surface area contributed by atoms with Crippen LogP contribution in [0.1, 0.15) is 0 Å². The van der Waals surface area contributed by atoms with E-state index in [4.69, 9.17) is 8.83 Å². The third-order valence-corrected chi connectivity index (χ3v) is 14.0. The van der Waals surface area contributed by atoms with Gasteiger partial charge >= 0.3 is 0 Å². The van der Waals surface area contributed by atoms with E-state index in [9.17, 15) is 0 Å². The first-order valence-electron chi connectivity index (χ1n) is 23.8. The summed E-state index contributed by atoms with van der Waals surface area (Å²) in [4.78, 5) is 2.34. The van der Waals surface area contributed by atoms with Crippen LogP contribution in [0.3, 0.4) is 0 Å². The zero-order valence-electron chi connectivity index (χ0n) is 38.0. The summed E-state index contributed by atoms with van der Waals surface area (Å²) in [5.74, 6) is 0. The molecule has 0 aliphatic rings. The molecule has 11 aromatic carbocycles. The van der Waals surface area contributed by atoms with E-state index in [0.29, 0.717) is 0 Å². The van der Waals surface area contributed by atoms with E-state index in [1.807, 2.05) is 12.1 Å². The molecule has 4 heteroatoms. The van der Waals surface area contributed by atoms with Gasteiger partial charge in [-0.1, -0.05) is 182 Å². The van der Waals surface area contributed by atoms with Crippen molar-refractivity contribution in [1.29, 1.82) is 0 Å². The molecule has 0 unspecified atom stereocenters. The van der Waals surface area contributed by atoms with Gasteiger partial charge in [0.05, 0.1) is 11.0 Å². The van der Waals surface area contributed by atoms with Gasteiger partial charge in [-0.25, -0.2) is 0 Å². The lowest BCUT2D eigenvalue weighted by atomic mass is 10.00. The van der Waals surface area contributed by atoms with Crippen LogP contribution in [-0.2, 0) is 0 Å². The Hall–Kier alpha value is -9.38. The molecule has 14 aromatic rings. The van der Waals surface area contributed by atoms with Crippen LogP contribution in [0.4, 0.5) is 17.1 Å². The van der Waals surface area contributed by atoms with Gasteiger partial charge in [-0.3, -0.25) is 0 Å². The van der Waals surface area contributed by atoms with Gasteiger partial charge < -0.3 is 18.3 Å². The van der Waals surface area contributed by atoms with Gasteiger partial charge in [0.2, 0.25) is 0 Å². The van der Waals surface area contributed by atoms with Gasteiger partial charge in [-0.2, -0.15) is 0 Å². The SMILES string of the molecule is c1ccc(-c2ccc(N(c3ccc(-c4ccc(-n5c6ccccc6c6c7c(ccc65)oc5ccccc57)cc4)cc3)c3ccc(-c4cccc5c4oc4c(-c6ccccc6)cccc45)cc3)cc2)cc1. The minimum absolute atomic E-state index is 0.894. The van der Waals surface area contributed by atoms with Gasteiger partial charge in [-0.15, -0.1) is 0 Å². The van der Waals surface area contributed by atoms with Crippen molar-refractivity contribution in [2.24, 2.45) is 0 Å². The average molecular weight is 895 g/mol. The molecular weight excluding hydrogens is 853 g/mol. The summed E-state index contributed by atoms with van der Waals surface area (Å²) in [7, 11) is 0. The van der Waals surface area contributed by atoms with E-state index in [1.165, 1.54) is 27.4 Å². The maximum Gasteiger partial charge on any atom is 0.143 e. The van der Waals surface area contributed by atoms with Gasteiger partial charge in [0.25, 0.3) is 0 Å². The van der Waals surface area contributed by atoms with E-state index >= 15 is 0 Å². The van der Waals surface area contributed by atoms with Crippen LogP contribution in [0.15, 0.2) is 264 Å². The normalized spacial score (nSPS) is 11.7. The van der Waals surface area contributed by atoms with E-state index < -0.39 is 0 Å². The lowest BCUT2D eigenvalue weighted by Crippen LogP contribution is -2.09. The minimum atomic E-state index is 0.894. The molecule has 0 fully saturated rings. The summed E-state index contributed by atoms with van der Waals surface area (Å²) >= 11 is 0. The number of nitrogens with zero attached hydrogens (tertiary/aromatic N) is 2. The molecule has 3 heterocycles. The van der Waals surface area contributed by atoms with Gasteiger partial charge in [-0.05, 0) is 106 Å². The molecule has 3 aromatic heterocycles. The standard InChI is InChI=1S/C66H42N2O2/c1-3-13-43(14-4-1)44-25-33-49(34-26-44)67(51-39-31-48(32-40-51)54-20-12-22-56-55-21-11-19-53(65(55)70-66(54)56)47-15-5-2-6-16-47)50-35-27-45(28-36-50)46-29-37-52(38-30-46)68-59-23-9-7-17-57(59)63-60(68)41-42-62-64(63)58-18-8-10-24-61(58)69-62/h1-42H. The van der Waals surface area contributed by atoms with Gasteiger partial charge in [0.1, 0.15) is 22.3 Å². The van der Waals surface area contributed by atoms with Crippen LogP contribution < -0.4 is 4.90 Å². The third-order valence-electron chi connectivity index (χ3n) is 14.0. The monoisotopic (exact) mass is 894 g/mol. The lowest BCUT2D eigenvalue weighted by molar-refractivity contribution is 0.669. The molecule has 0 radical (unpaired) electrons. The molecule has 0 aliphatic heterocycles. The largest absolute Gasteiger partial charge is 0.456 e. The van der Waals surface area contributed by atoms with Crippen LogP contribution in [0, 0.1) is 0 Å². The van der Waals surface area contributed by atoms with Crippen LogP contribution in [-0.4, -0.2) is 4.57 Å². The fourth-order valence-corrected chi connectivity index (χ4v) is 10.7. The Bertz CT molecular complexity index is 4240. The van der Waals surface area contributed by atoms with Crippen molar-refractivity contribution >= 4 is 82.7 Å². The van der Waals surface area contributed by atoms with E-state index in [2.05, 4.69) is 252 Å². The van der Waals surface area contributed by atoms with Crippen molar-refractivity contribution in [2.75, 3.05) is 4.90 Å². The molecule has 0 aliphatic carbocycles. The van der Waals surface area contributed by atoms with E-state index in [0.717, 1.165) is 106 Å². The molecule has 0 bridgehead atoms. The first-order valence-corrected chi connectivity index (χ1v) is 23.8. The summed E-state index contributed by atoms with van der Waals surface area (Å²) in [6, 6.07) is 90.9. The highest BCUT2D eigenvalue weighted by Gasteiger charge is 2.20. The first kappa shape index (κ1) is 39.8. The Morgan fingerprint density at radius 3 is 1.33 bits per heavy atom. The topological polar surface area (TPSA) is 34.5 Å². The molecule has 0 N–H and O–H groups in total. The second kappa shape index (κ2) is 16.2. The highest BCUT2D eigenvalue weighted by Crippen LogP contribution is 2.44. The number of furan rings is 2. The number of rotatable bonds is 8. The number of hydrogen-bond donors (Lipinski definition) is 0. The Morgan fingerprint density at radius 2 is 0.729 bits per heavy atom. The summed E-state index contributed by atoms with van der Waals surface area (Å²) in [6.45, 7) is 0. The summed E-state index contributed by atoms with van der Waals surface area (Å²) in [5, 5.41) is 6.96. The maximum absolute atomic E-state index is 6.80. The number of aromatic nitrogens is 1. The lowest BCUT2D eigenvalue weighted by Gasteiger charge is -2.26. The predicted octanol–water partition coefficient (Wildman–Crippen LogP) is 18.7. The molecule has 0 atom stereocenters. The van der Waals surface area contributed by atoms with E-state index in [1.54, 1.807) is 0 Å². The molecule has 70 heavy (non-hydrogen) atoms. The van der Waals surface area contributed by atoms with Crippen LogP contribution in [0.2, 0.25) is 0 Å². The molecule has 4 nitrogen and oxygen atoms in total. The fourth-order valence-electron chi connectivity index (χ4n) is 10.7. The molecular formula is C66H42N2O2. The second-order valence-corrected chi connectivity index (χ2v) is 18.0. The number of anilines is 3. The van der Waals surface area contributed by atoms with Crippen LogP contribution in [0.5, 0.6) is 0 Å².